The van der Waals surface area contributed by atoms with E-state index in [9.17, 15) is 9.36 Å². The number of benzene rings is 1. The molecular weight excluding hydrogens is 259 g/mol. The monoisotopic (exact) mass is 272 g/mol. The second-order valence-corrected chi connectivity index (χ2v) is 4.52. The predicted octanol–water partition coefficient (Wildman–Crippen LogP) is 2.31. The van der Waals surface area contributed by atoms with E-state index in [1.807, 2.05) is 0 Å². The Morgan fingerprint density at radius 3 is 2.56 bits per heavy atom. The van der Waals surface area contributed by atoms with Crippen molar-refractivity contribution in [1.29, 1.82) is 0 Å². The van der Waals surface area contributed by atoms with Gasteiger partial charge in [0, 0.05) is 0 Å². The highest BCUT2D eigenvalue weighted by molar-refractivity contribution is 7.47. The highest BCUT2D eigenvalue weighted by atomic mass is 31.2. The quantitative estimate of drug-likeness (QED) is 0.370. The standard InChI is InChI=1S/C11H13O6P/c1-3-15-18(13,14)17-16-11(12)9(2)10-7-5-4-6-8-10/h4-8H,2-3H2,1H3,(H,13,14). The smallest absolute Gasteiger partial charge is 0.300 e. The number of hydrogen-bond acceptors (Lipinski definition) is 5. The zero-order chi connectivity index (χ0) is 13.6. The van der Waals surface area contributed by atoms with Crippen LogP contribution in [0.2, 0.25) is 0 Å². The molecule has 1 N–H and O–H groups in total. The van der Waals surface area contributed by atoms with Gasteiger partial charge in [-0.05, 0) is 12.5 Å². The summed E-state index contributed by atoms with van der Waals surface area (Å²) in [7, 11) is -4.36. The minimum Gasteiger partial charge on any atom is -0.300 e. The Balaban J connectivity index is 2.57. The average Bonchev–Trinajstić information content (AvgIpc) is 2.36. The lowest BCUT2D eigenvalue weighted by molar-refractivity contribution is -0.216. The van der Waals surface area contributed by atoms with Gasteiger partial charge in [-0.15, -0.1) is 0 Å². The van der Waals surface area contributed by atoms with Crippen molar-refractivity contribution in [2.24, 2.45) is 0 Å². The summed E-state index contributed by atoms with van der Waals surface area (Å²) >= 11 is 0. The van der Waals surface area contributed by atoms with Crippen LogP contribution in [0.25, 0.3) is 5.57 Å². The van der Waals surface area contributed by atoms with Gasteiger partial charge < -0.3 is 4.89 Å². The third kappa shape index (κ3) is 4.43. The molecule has 0 aliphatic heterocycles. The van der Waals surface area contributed by atoms with E-state index in [2.05, 4.69) is 20.7 Å². The number of phosphoric ester groups is 1. The van der Waals surface area contributed by atoms with Crippen LogP contribution < -0.4 is 0 Å². The van der Waals surface area contributed by atoms with Crippen LogP contribution in [0, 0.1) is 0 Å². The fourth-order valence-corrected chi connectivity index (χ4v) is 1.60. The van der Waals surface area contributed by atoms with E-state index in [0.29, 0.717) is 5.56 Å². The summed E-state index contributed by atoms with van der Waals surface area (Å²) in [5.41, 5.74) is 0.530. The molecule has 6 nitrogen and oxygen atoms in total. The van der Waals surface area contributed by atoms with Crippen LogP contribution in [0.1, 0.15) is 12.5 Å². The Kier molecular flexibility index (Phi) is 5.25. The van der Waals surface area contributed by atoms with Gasteiger partial charge in [-0.25, -0.2) is 9.36 Å². The fraction of sp³-hybridized carbons (Fsp3) is 0.182. The molecular formula is C11H13O6P. The topological polar surface area (TPSA) is 82.1 Å². The number of carbonyl (C=O) groups excluding carboxylic acids is 1. The molecule has 1 aromatic carbocycles. The van der Waals surface area contributed by atoms with Crippen molar-refractivity contribution < 1.29 is 28.3 Å². The van der Waals surface area contributed by atoms with Crippen molar-refractivity contribution >= 4 is 19.4 Å². The van der Waals surface area contributed by atoms with Crippen LogP contribution in [-0.2, 0) is 23.4 Å². The van der Waals surface area contributed by atoms with Crippen LogP contribution in [0.3, 0.4) is 0 Å². The molecule has 1 aromatic rings. The predicted molar refractivity (Wildman–Crippen MR) is 64.1 cm³/mol. The lowest BCUT2D eigenvalue weighted by Crippen LogP contribution is -2.07. The van der Waals surface area contributed by atoms with Crippen LogP contribution >= 0.6 is 7.82 Å². The maximum atomic E-state index is 11.5. The second-order valence-electron chi connectivity index (χ2n) is 3.18. The average molecular weight is 272 g/mol. The molecule has 0 fully saturated rings. The highest BCUT2D eigenvalue weighted by Crippen LogP contribution is 2.43. The van der Waals surface area contributed by atoms with Gasteiger partial charge in [0.15, 0.2) is 0 Å². The minimum atomic E-state index is -4.36. The molecule has 0 heterocycles. The molecule has 18 heavy (non-hydrogen) atoms. The lowest BCUT2D eigenvalue weighted by Gasteiger charge is -2.09. The van der Waals surface area contributed by atoms with Crippen molar-refractivity contribution in [1.82, 2.24) is 0 Å². The molecule has 1 unspecified atom stereocenters. The van der Waals surface area contributed by atoms with Crippen molar-refractivity contribution in [3.05, 3.63) is 42.5 Å². The van der Waals surface area contributed by atoms with E-state index >= 15 is 0 Å². The largest absolute Gasteiger partial charge is 0.508 e. The highest BCUT2D eigenvalue weighted by Gasteiger charge is 2.25. The van der Waals surface area contributed by atoms with Crippen molar-refractivity contribution in [2.45, 2.75) is 6.92 Å². The summed E-state index contributed by atoms with van der Waals surface area (Å²) < 4.78 is 19.5. The van der Waals surface area contributed by atoms with Gasteiger partial charge >= 0.3 is 13.8 Å². The Bertz CT molecular complexity index is 470. The maximum Gasteiger partial charge on any atom is 0.508 e. The first-order valence-electron chi connectivity index (χ1n) is 5.08. The molecule has 0 amide bonds. The molecule has 98 valence electrons. The van der Waals surface area contributed by atoms with Gasteiger partial charge in [0.1, 0.15) is 0 Å². The first-order valence-corrected chi connectivity index (χ1v) is 6.58. The molecule has 0 aliphatic carbocycles. The van der Waals surface area contributed by atoms with Gasteiger partial charge in [-0.2, -0.15) is 0 Å². The first-order chi connectivity index (χ1) is 8.46. The van der Waals surface area contributed by atoms with Gasteiger partial charge in [0.05, 0.1) is 12.2 Å². The third-order valence-electron chi connectivity index (χ3n) is 1.87. The zero-order valence-corrected chi connectivity index (χ0v) is 10.6. The number of hydrogen-bond donors (Lipinski definition) is 1. The van der Waals surface area contributed by atoms with Gasteiger partial charge in [0.2, 0.25) is 0 Å². The van der Waals surface area contributed by atoms with Crippen molar-refractivity contribution in [3.63, 3.8) is 0 Å². The molecule has 0 spiro atoms. The molecule has 0 bridgehead atoms. The van der Waals surface area contributed by atoms with Gasteiger partial charge in [-0.3, -0.25) is 9.41 Å². The van der Waals surface area contributed by atoms with Crippen LogP contribution in [-0.4, -0.2) is 17.5 Å². The number of rotatable bonds is 6. The summed E-state index contributed by atoms with van der Waals surface area (Å²) in [5.74, 6) is -0.963. The molecule has 7 heteroatoms. The summed E-state index contributed by atoms with van der Waals surface area (Å²) in [6, 6.07) is 8.49. The van der Waals surface area contributed by atoms with E-state index in [0.717, 1.165) is 0 Å². The maximum absolute atomic E-state index is 11.5. The fourth-order valence-electron chi connectivity index (χ4n) is 1.07. The molecule has 1 atom stereocenters. The molecule has 1 rings (SSSR count). The van der Waals surface area contributed by atoms with Gasteiger partial charge in [0.25, 0.3) is 0 Å². The molecule has 0 aliphatic rings. The molecule has 0 radical (unpaired) electrons. The van der Waals surface area contributed by atoms with E-state index in [-0.39, 0.29) is 12.2 Å². The SMILES string of the molecule is C=C(C(=O)OOP(=O)(O)OCC)c1ccccc1. The Hall–Kier alpha value is -1.46. The van der Waals surface area contributed by atoms with E-state index in [1.165, 1.54) is 6.92 Å². The first kappa shape index (κ1) is 14.6. The van der Waals surface area contributed by atoms with Gasteiger partial charge in [-0.1, -0.05) is 41.6 Å². The second kappa shape index (κ2) is 6.47. The molecule has 0 saturated carbocycles. The van der Waals surface area contributed by atoms with Crippen LogP contribution in [0.5, 0.6) is 0 Å². The minimum absolute atomic E-state index is 0.00657. The van der Waals surface area contributed by atoms with E-state index in [1.54, 1.807) is 30.3 Å². The Morgan fingerprint density at radius 2 is 2.00 bits per heavy atom. The molecule has 0 saturated heterocycles. The summed E-state index contributed by atoms with van der Waals surface area (Å²) in [6.07, 6.45) is 0. The van der Waals surface area contributed by atoms with E-state index in [4.69, 9.17) is 4.89 Å². The summed E-state index contributed by atoms with van der Waals surface area (Å²) in [6.45, 7) is 4.95. The van der Waals surface area contributed by atoms with Crippen molar-refractivity contribution in [2.75, 3.05) is 6.61 Å². The number of carbonyl (C=O) groups is 1. The lowest BCUT2D eigenvalue weighted by atomic mass is 10.1. The zero-order valence-electron chi connectivity index (χ0n) is 9.74. The van der Waals surface area contributed by atoms with Crippen LogP contribution in [0.15, 0.2) is 36.9 Å². The molecule has 0 aromatic heterocycles. The third-order valence-corrected chi connectivity index (χ3v) is 2.72. The Labute approximate surface area is 104 Å². The van der Waals surface area contributed by atoms with Crippen LogP contribution in [0.4, 0.5) is 0 Å². The summed E-state index contributed by atoms with van der Waals surface area (Å²) in [5, 5.41) is 0. The summed E-state index contributed by atoms with van der Waals surface area (Å²) in [4.78, 5) is 24.7. The normalized spacial score (nSPS) is 13.7. The van der Waals surface area contributed by atoms with E-state index < -0.39 is 13.8 Å². The van der Waals surface area contributed by atoms with Crippen molar-refractivity contribution in [3.8, 4) is 0 Å². The number of phosphoric acid groups is 1. The Morgan fingerprint density at radius 1 is 1.39 bits per heavy atom.